The summed E-state index contributed by atoms with van der Waals surface area (Å²) in [6, 6.07) is 10.3. The molecule has 0 saturated carbocycles. The van der Waals surface area contributed by atoms with Crippen LogP contribution in [-0.4, -0.2) is 4.98 Å². The van der Waals surface area contributed by atoms with Crippen LogP contribution in [0.15, 0.2) is 45.5 Å². The van der Waals surface area contributed by atoms with Gasteiger partial charge in [-0.3, -0.25) is 4.98 Å². The Balaban J connectivity index is 1.95. The largest absolute Gasteiger partial charge is 0.323 e. The molecule has 2 nitrogen and oxygen atoms in total. The Hall–Kier alpha value is -0.710. The number of nitrogens with two attached hydrogens (primary N) is 1. The van der Waals surface area contributed by atoms with Crippen molar-refractivity contribution in [2.24, 2.45) is 5.73 Å². The Kier molecular flexibility index (Phi) is 3.74. The van der Waals surface area contributed by atoms with Gasteiger partial charge in [-0.1, -0.05) is 44.0 Å². The van der Waals surface area contributed by atoms with Gasteiger partial charge in [-0.2, -0.15) is 0 Å². The summed E-state index contributed by atoms with van der Waals surface area (Å²) in [6.45, 7) is 0. The molecule has 1 aromatic carbocycles. The lowest BCUT2D eigenvalue weighted by Gasteiger charge is -2.21. The molecule has 4 heteroatoms. The minimum atomic E-state index is -0.0152. The lowest BCUT2D eigenvalue weighted by Crippen LogP contribution is -2.19. The van der Waals surface area contributed by atoms with E-state index in [-0.39, 0.29) is 6.04 Å². The lowest BCUT2D eigenvalue weighted by atomic mass is 9.91. The number of hydrogen-bond acceptors (Lipinski definition) is 2. The fourth-order valence-electron chi connectivity index (χ4n) is 2.78. The summed E-state index contributed by atoms with van der Waals surface area (Å²) in [5.74, 6) is 0.314. The number of aryl methyl sites for hydroxylation is 1. The second kappa shape index (κ2) is 5.35. The van der Waals surface area contributed by atoms with Gasteiger partial charge in [-0.05, 0) is 42.2 Å². The molecule has 1 aliphatic rings. The maximum Gasteiger partial charge on any atom is 0.0485 e. The smallest absolute Gasteiger partial charge is 0.0485 e. The molecule has 0 spiro atoms. The van der Waals surface area contributed by atoms with Crippen LogP contribution in [-0.2, 0) is 6.42 Å². The normalized spacial score (nSPS) is 19.2. The molecule has 98 valence electrons. The van der Waals surface area contributed by atoms with Crippen molar-refractivity contribution in [2.45, 2.75) is 24.8 Å². The minimum Gasteiger partial charge on any atom is -0.323 e. The van der Waals surface area contributed by atoms with Crippen LogP contribution in [0.5, 0.6) is 0 Å². The number of rotatable bonds is 2. The van der Waals surface area contributed by atoms with Gasteiger partial charge < -0.3 is 5.73 Å². The molecule has 0 saturated heterocycles. The van der Waals surface area contributed by atoms with E-state index in [4.69, 9.17) is 5.73 Å². The molecule has 0 radical (unpaired) electrons. The van der Waals surface area contributed by atoms with Crippen LogP contribution in [0.4, 0.5) is 0 Å². The summed E-state index contributed by atoms with van der Waals surface area (Å²) in [5.41, 5.74) is 10.1. The Bertz CT molecular complexity index is 613. The molecule has 1 aromatic heterocycles. The highest BCUT2D eigenvalue weighted by atomic mass is 79.9. The number of benzene rings is 1. The highest BCUT2D eigenvalue weighted by Gasteiger charge is 2.30. The molecule has 0 bridgehead atoms. The van der Waals surface area contributed by atoms with Gasteiger partial charge in [0, 0.05) is 32.8 Å². The third-order valence-corrected chi connectivity index (χ3v) is 4.94. The molecule has 2 atom stereocenters. The molecule has 19 heavy (non-hydrogen) atoms. The van der Waals surface area contributed by atoms with E-state index in [1.54, 1.807) is 0 Å². The Labute approximate surface area is 129 Å². The van der Waals surface area contributed by atoms with E-state index in [2.05, 4.69) is 49.0 Å². The third kappa shape index (κ3) is 2.49. The molecular formula is C15H14Br2N2. The molecular weight excluding hydrogens is 368 g/mol. The first-order valence-electron chi connectivity index (χ1n) is 6.31. The summed E-state index contributed by atoms with van der Waals surface area (Å²) in [4.78, 5) is 4.53. The molecule has 2 aromatic rings. The molecule has 1 heterocycles. The van der Waals surface area contributed by atoms with Gasteiger partial charge >= 0.3 is 0 Å². The van der Waals surface area contributed by atoms with Gasteiger partial charge in [-0.15, -0.1) is 0 Å². The Morgan fingerprint density at radius 1 is 1.26 bits per heavy atom. The number of pyridine rings is 1. The number of hydrogen-bond donors (Lipinski definition) is 1. The standard InChI is InChI=1S/C15H14Br2N2/c16-10-4-6-11(13(17)8-10)14(18)12-5-3-9-2-1-7-19-15(9)12/h1-2,4,6-8,12,14H,3,5,18H2. The summed E-state index contributed by atoms with van der Waals surface area (Å²) in [5, 5.41) is 0. The van der Waals surface area contributed by atoms with E-state index < -0.39 is 0 Å². The van der Waals surface area contributed by atoms with E-state index in [1.807, 2.05) is 24.4 Å². The zero-order valence-electron chi connectivity index (χ0n) is 10.3. The highest BCUT2D eigenvalue weighted by Crippen LogP contribution is 2.41. The van der Waals surface area contributed by atoms with Crippen LogP contribution in [0.2, 0.25) is 0 Å². The maximum absolute atomic E-state index is 6.48. The first-order chi connectivity index (χ1) is 9.16. The van der Waals surface area contributed by atoms with Crippen molar-refractivity contribution in [1.29, 1.82) is 0 Å². The number of aromatic nitrogens is 1. The summed E-state index contributed by atoms with van der Waals surface area (Å²) in [6.07, 6.45) is 4.02. The summed E-state index contributed by atoms with van der Waals surface area (Å²) >= 11 is 7.08. The van der Waals surface area contributed by atoms with Gasteiger partial charge in [0.15, 0.2) is 0 Å². The van der Waals surface area contributed by atoms with Gasteiger partial charge in [0.1, 0.15) is 0 Å². The van der Waals surface area contributed by atoms with Crippen LogP contribution in [0.1, 0.15) is 35.2 Å². The molecule has 0 amide bonds. The highest BCUT2D eigenvalue weighted by molar-refractivity contribution is 9.11. The van der Waals surface area contributed by atoms with Crippen LogP contribution in [0, 0.1) is 0 Å². The van der Waals surface area contributed by atoms with E-state index >= 15 is 0 Å². The lowest BCUT2D eigenvalue weighted by molar-refractivity contribution is 0.539. The van der Waals surface area contributed by atoms with Crippen molar-refractivity contribution < 1.29 is 0 Å². The van der Waals surface area contributed by atoms with Gasteiger partial charge in [0.05, 0.1) is 0 Å². The van der Waals surface area contributed by atoms with E-state index in [0.717, 1.165) is 27.4 Å². The van der Waals surface area contributed by atoms with Crippen molar-refractivity contribution >= 4 is 31.9 Å². The van der Waals surface area contributed by atoms with Crippen LogP contribution in [0.3, 0.4) is 0 Å². The number of nitrogens with zero attached hydrogens (tertiary/aromatic N) is 1. The fourth-order valence-corrected chi connectivity index (χ4v) is 4.09. The topological polar surface area (TPSA) is 38.9 Å². The van der Waals surface area contributed by atoms with Crippen molar-refractivity contribution in [3.05, 3.63) is 62.3 Å². The van der Waals surface area contributed by atoms with Crippen LogP contribution >= 0.6 is 31.9 Å². The molecule has 2 unspecified atom stereocenters. The summed E-state index contributed by atoms with van der Waals surface area (Å²) < 4.78 is 2.11. The molecule has 2 N–H and O–H groups in total. The molecule has 0 aliphatic heterocycles. The summed E-state index contributed by atoms with van der Waals surface area (Å²) in [7, 11) is 0. The predicted molar refractivity (Wildman–Crippen MR) is 84.1 cm³/mol. The molecule has 3 rings (SSSR count). The number of fused-ring (bicyclic) bond motifs is 1. The van der Waals surface area contributed by atoms with E-state index in [9.17, 15) is 0 Å². The molecule has 0 fully saturated rings. The zero-order valence-corrected chi connectivity index (χ0v) is 13.5. The van der Waals surface area contributed by atoms with E-state index in [0.29, 0.717) is 5.92 Å². The maximum atomic E-state index is 6.48. The fraction of sp³-hybridized carbons (Fsp3) is 0.267. The second-order valence-corrected chi connectivity index (χ2v) is 6.65. The SMILES string of the molecule is NC(c1ccc(Br)cc1Br)C1CCc2cccnc21. The average Bonchev–Trinajstić information content (AvgIpc) is 2.82. The van der Waals surface area contributed by atoms with Crippen molar-refractivity contribution in [1.82, 2.24) is 4.98 Å². The third-order valence-electron chi connectivity index (χ3n) is 3.76. The molecule has 1 aliphatic carbocycles. The Morgan fingerprint density at radius 3 is 2.89 bits per heavy atom. The minimum absolute atomic E-state index is 0.0152. The number of halogens is 2. The quantitative estimate of drug-likeness (QED) is 0.840. The zero-order chi connectivity index (χ0) is 13.4. The van der Waals surface area contributed by atoms with Crippen molar-refractivity contribution in [3.8, 4) is 0 Å². The van der Waals surface area contributed by atoms with Crippen molar-refractivity contribution in [2.75, 3.05) is 0 Å². The van der Waals surface area contributed by atoms with E-state index in [1.165, 1.54) is 11.3 Å². The Morgan fingerprint density at radius 2 is 2.11 bits per heavy atom. The van der Waals surface area contributed by atoms with Crippen molar-refractivity contribution in [3.63, 3.8) is 0 Å². The first kappa shape index (κ1) is 13.3. The van der Waals surface area contributed by atoms with Gasteiger partial charge in [-0.25, -0.2) is 0 Å². The van der Waals surface area contributed by atoms with Crippen LogP contribution in [0.25, 0.3) is 0 Å². The predicted octanol–water partition coefficient (Wildman–Crippen LogP) is 4.34. The first-order valence-corrected chi connectivity index (χ1v) is 7.89. The average molecular weight is 382 g/mol. The second-order valence-electron chi connectivity index (χ2n) is 4.88. The van der Waals surface area contributed by atoms with Gasteiger partial charge in [0.25, 0.3) is 0 Å². The monoisotopic (exact) mass is 380 g/mol. The van der Waals surface area contributed by atoms with Crippen LogP contribution < -0.4 is 5.73 Å². The van der Waals surface area contributed by atoms with Gasteiger partial charge in [0.2, 0.25) is 0 Å².